The molecule has 0 aromatic carbocycles. The van der Waals surface area contributed by atoms with Gasteiger partial charge >= 0.3 is 5.97 Å². The molecule has 0 aromatic heterocycles. The van der Waals surface area contributed by atoms with Crippen LogP contribution < -0.4 is 0 Å². The first-order valence-electron chi connectivity index (χ1n) is 18.8. The molecule has 16 unspecified atom stereocenters. The van der Waals surface area contributed by atoms with E-state index in [0.29, 0.717) is 12.8 Å². The maximum Gasteiger partial charge on any atom is 0.311 e. The molecule has 3 heterocycles. The monoisotopic (exact) mass is 731 g/mol. The number of aliphatic hydroxyl groups is 3. The summed E-state index contributed by atoms with van der Waals surface area (Å²) in [5.41, 5.74) is -2.17. The van der Waals surface area contributed by atoms with Crippen molar-refractivity contribution in [2.24, 2.45) is 29.6 Å². The van der Waals surface area contributed by atoms with Crippen molar-refractivity contribution in [3.8, 4) is 0 Å². The number of Topliss-reactive ketones (excluding diaryl/α,β-unsaturated/α-hetero) is 1. The molecular formula is C38H69NO12. The van der Waals surface area contributed by atoms with Crippen molar-refractivity contribution >= 4 is 11.8 Å². The molecule has 0 spiro atoms. The Morgan fingerprint density at radius 2 is 1.43 bits per heavy atom. The molecule has 0 aliphatic carbocycles. The second-order valence-electron chi connectivity index (χ2n) is 16.4. The number of nitrogens with zero attached hydrogens (tertiary/aromatic N) is 1. The number of methoxy groups -OCH3 is 2. The van der Waals surface area contributed by atoms with E-state index in [2.05, 4.69) is 0 Å². The summed E-state index contributed by atoms with van der Waals surface area (Å²) in [7, 11) is 6.86. The summed E-state index contributed by atoms with van der Waals surface area (Å²) in [6.45, 7) is 18.1. The van der Waals surface area contributed by atoms with Crippen LogP contribution >= 0.6 is 0 Å². The van der Waals surface area contributed by atoms with E-state index in [1.165, 1.54) is 7.11 Å². The van der Waals surface area contributed by atoms with Gasteiger partial charge in [-0.15, -0.1) is 0 Å². The third-order valence-corrected chi connectivity index (χ3v) is 12.2. The van der Waals surface area contributed by atoms with Gasteiger partial charge in [0.1, 0.15) is 24.1 Å². The van der Waals surface area contributed by atoms with Crippen LogP contribution in [-0.4, -0.2) is 139 Å². The van der Waals surface area contributed by atoms with E-state index in [-0.39, 0.29) is 30.8 Å². The summed E-state index contributed by atoms with van der Waals surface area (Å²) < 4.78 is 44.2. The van der Waals surface area contributed by atoms with Gasteiger partial charge in [0.15, 0.2) is 12.6 Å². The number of ether oxygens (including phenoxy) is 7. The predicted octanol–water partition coefficient (Wildman–Crippen LogP) is 3.32. The fraction of sp³-hybridized carbons (Fsp3) is 0.947. The largest absolute Gasteiger partial charge is 0.462 e. The highest BCUT2D eigenvalue weighted by Crippen LogP contribution is 2.41. The molecule has 3 aliphatic heterocycles. The van der Waals surface area contributed by atoms with Crippen LogP contribution in [-0.2, 0) is 42.7 Å². The molecule has 18 atom stereocenters. The molecule has 13 nitrogen and oxygen atoms in total. The number of esters is 1. The highest BCUT2D eigenvalue weighted by Gasteiger charge is 2.53. The molecule has 3 saturated heterocycles. The number of cyclic esters (lactones) is 1. The van der Waals surface area contributed by atoms with Crippen LogP contribution in [0.25, 0.3) is 0 Å². The second-order valence-corrected chi connectivity index (χ2v) is 16.4. The van der Waals surface area contributed by atoms with E-state index < -0.39 is 102 Å². The Labute approximate surface area is 305 Å². The molecule has 3 rings (SSSR count). The van der Waals surface area contributed by atoms with Gasteiger partial charge in [0.2, 0.25) is 0 Å². The smallest absolute Gasteiger partial charge is 0.311 e. The number of hydrogen-bond acceptors (Lipinski definition) is 13. The fourth-order valence-electron chi connectivity index (χ4n) is 8.53. The van der Waals surface area contributed by atoms with E-state index in [4.69, 9.17) is 33.2 Å². The first kappa shape index (κ1) is 44.1. The maximum atomic E-state index is 14.1. The molecule has 0 bridgehead atoms. The SMILES string of the molecule is CC[C@@H]1OC(=O)C(C)C(OC2CC(C)(OC)[C@@H](O)C(C)O2)C(C)C(OC2OC(C)CC(N(C)C)C2O)C(C)(OC)CC(C)C(=O)C(C)C(O)C1C. The Bertz CT molecular complexity index is 1140. The molecule has 0 radical (unpaired) electrons. The van der Waals surface area contributed by atoms with Gasteiger partial charge in [0, 0.05) is 50.4 Å². The average molecular weight is 732 g/mol. The van der Waals surface area contributed by atoms with Gasteiger partial charge in [-0.3, -0.25) is 9.59 Å². The highest BCUT2D eigenvalue weighted by molar-refractivity contribution is 5.83. The molecule has 0 saturated carbocycles. The minimum Gasteiger partial charge on any atom is -0.462 e. The summed E-state index contributed by atoms with van der Waals surface area (Å²) >= 11 is 0. The lowest BCUT2D eigenvalue weighted by Gasteiger charge is -2.49. The van der Waals surface area contributed by atoms with Crippen LogP contribution in [0.2, 0.25) is 0 Å². The zero-order chi connectivity index (χ0) is 38.7. The van der Waals surface area contributed by atoms with Crippen molar-refractivity contribution < 1.29 is 58.1 Å². The van der Waals surface area contributed by atoms with E-state index in [0.717, 1.165) is 0 Å². The van der Waals surface area contributed by atoms with Crippen LogP contribution in [0.15, 0.2) is 0 Å². The van der Waals surface area contributed by atoms with E-state index in [1.807, 2.05) is 53.6 Å². The molecule has 13 heteroatoms. The van der Waals surface area contributed by atoms with Crippen LogP contribution in [0.3, 0.4) is 0 Å². The Morgan fingerprint density at radius 3 is 1.98 bits per heavy atom. The molecular weight excluding hydrogens is 662 g/mol. The fourth-order valence-corrected chi connectivity index (χ4v) is 8.53. The number of carbonyl (C=O) groups is 2. The number of rotatable bonds is 8. The third-order valence-electron chi connectivity index (χ3n) is 12.2. The zero-order valence-corrected chi connectivity index (χ0v) is 33.5. The number of carbonyl (C=O) groups excluding carboxylic acids is 2. The van der Waals surface area contributed by atoms with Gasteiger partial charge in [-0.05, 0) is 68.0 Å². The summed E-state index contributed by atoms with van der Waals surface area (Å²) in [5.74, 6) is -4.05. The maximum absolute atomic E-state index is 14.1. The molecule has 0 aromatic rings. The molecule has 298 valence electrons. The summed E-state index contributed by atoms with van der Waals surface area (Å²) in [4.78, 5) is 30.0. The molecule has 3 aliphatic rings. The second kappa shape index (κ2) is 17.9. The van der Waals surface area contributed by atoms with Crippen LogP contribution in [0.4, 0.5) is 0 Å². The third kappa shape index (κ3) is 9.71. The lowest BCUT2D eigenvalue weighted by molar-refractivity contribution is -0.319. The van der Waals surface area contributed by atoms with Gasteiger partial charge in [-0.1, -0.05) is 34.6 Å². The average Bonchev–Trinajstić information content (AvgIpc) is 3.09. The standard InChI is InChI=1S/C38H69NO12/c1-15-27-21(4)30(41)22(5)29(40)19(2)17-38(10,46-14)34(51-36-31(42)26(39(11)12)16-20(3)47-36)23(6)32(24(7)35(44)49-27)50-28-18-37(9,45-13)33(43)25(8)48-28/h19-28,30-34,36,41-43H,15-18H2,1-14H3/t19?,20?,21?,22?,23?,24?,25?,26?,27-,28?,30?,31?,32?,33-,34?,36?,37?,38?/m0/s1. The Morgan fingerprint density at radius 1 is 0.824 bits per heavy atom. The summed E-state index contributed by atoms with van der Waals surface area (Å²) in [6, 6.07) is -0.256. The van der Waals surface area contributed by atoms with E-state index >= 15 is 0 Å². The van der Waals surface area contributed by atoms with E-state index in [9.17, 15) is 24.9 Å². The van der Waals surface area contributed by atoms with Gasteiger partial charge in [0.25, 0.3) is 0 Å². The highest BCUT2D eigenvalue weighted by atomic mass is 16.7. The van der Waals surface area contributed by atoms with Crippen molar-refractivity contribution in [1.82, 2.24) is 4.90 Å². The molecule has 51 heavy (non-hydrogen) atoms. The normalized spacial score (nSPS) is 48.3. The van der Waals surface area contributed by atoms with E-state index in [1.54, 1.807) is 41.7 Å². The van der Waals surface area contributed by atoms with Gasteiger partial charge in [0.05, 0.1) is 47.6 Å². The van der Waals surface area contributed by atoms with Crippen molar-refractivity contribution in [2.75, 3.05) is 28.3 Å². The van der Waals surface area contributed by atoms with Crippen molar-refractivity contribution in [3.63, 3.8) is 0 Å². The number of ketones is 1. The lowest BCUT2D eigenvalue weighted by atomic mass is 9.74. The Kier molecular flexibility index (Phi) is 15.5. The number of hydrogen-bond donors (Lipinski definition) is 3. The minimum atomic E-state index is -1.18. The van der Waals surface area contributed by atoms with Gasteiger partial charge < -0.3 is 53.4 Å². The quantitative estimate of drug-likeness (QED) is 0.312. The van der Waals surface area contributed by atoms with Gasteiger partial charge in [-0.2, -0.15) is 0 Å². The first-order chi connectivity index (χ1) is 23.7. The topological polar surface area (TPSA) is 163 Å². The van der Waals surface area contributed by atoms with Crippen molar-refractivity contribution in [3.05, 3.63) is 0 Å². The van der Waals surface area contributed by atoms with Crippen molar-refractivity contribution in [2.45, 2.75) is 174 Å². The van der Waals surface area contributed by atoms with Crippen LogP contribution in [0.5, 0.6) is 0 Å². The summed E-state index contributed by atoms with van der Waals surface area (Å²) in [5, 5.41) is 33.9. The molecule has 3 N–H and O–H groups in total. The molecule has 3 fully saturated rings. The molecule has 0 amide bonds. The summed E-state index contributed by atoms with van der Waals surface area (Å²) in [6.07, 6.45) is -6.94. The Balaban J connectivity index is 2.20. The first-order valence-corrected chi connectivity index (χ1v) is 18.8. The predicted molar refractivity (Wildman–Crippen MR) is 190 cm³/mol. The van der Waals surface area contributed by atoms with Crippen LogP contribution in [0.1, 0.15) is 94.9 Å². The number of likely N-dealkylation sites (N-methyl/N-ethyl adjacent to an activating group) is 1. The lowest BCUT2D eigenvalue weighted by Crippen LogP contribution is -2.61. The van der Waals surface area contributed by atoms with Crippen LogP contribution in [0, 0.1) is 29.6 Å². The minimum absolute atomic E-state index is 0.152. The van der Waals surface area contributed by atoms with Gasteiger partial charge in [-0.25, -0.2) is 0 Å². The zero-order valence-electron chi connectivity index (χ0n) is 33.5. The Hall–Kier alpha value is -1.26. The number of aliphatic hydroxyl groups excluding tert-OH is 3. The van der Waals surface area contributed by atoms with Crippen molar-refractivity contribution in [1.29, 1.82) is 0 Å².